The SMILES string of the molecule is CCOC(=O)CSc1nn(C)c2nc3c(c(=O)n12)C(C)(CC)Cc1ccccc1-3. The van der Waals surface area contributed by atoms with Gasteiger partial charge in [-0.25, -0.2) is 14.1 Å². The van der Waals surface area contributed by atoms with Gasteiger partial charge in [-0.05, 0) is 25.3 Å². The number of carbonyl (C=O) groups is 1. The highest BCUT2D eigenvalue weighted by atomic mass is 32.2. The Morgan fingerprint density at radius 1 is 1.31 bits per heavy atom. The van der Waals surface area contributed by atoms with E-state index in [0.717, 1.165) is 29.7 Å². The molecule has 0 amide bonds. The summed E-state index contributed by atoms with van der Waals surface area (Å²) in [6.45, 7) is 6.32. The number of aromatic nitrogens is 4. The van der Waals surface area contributed by atoms with Crippen LogP contribution in [0.25, 0.3) is 17.0 Å². The van der Waals surface area contributed by atoms with Crippen LogP contribution in [0.5, 0.6) is 0 Å². The lowest BCUT2D eigenvalue weighted by molar-refractivity contribution is -0.139. The van der Waals surface area contributed by atoms with Crippen LogP contribution >= 0.6 is 11.8 Å². The second kappa shape index (κ2) is 7.33. The van der Waals surface area contributed by atoms with Crippen molar-refractivity contribution in [2.24, 2.45) is 7.05 Å². The molecule has 0 radical (unpaired) electrons. The van der Waals surface area contributed by atoms with Crippen molar-refractivity contribution in [2.45, 2.75) is 44.2 Å². The molecular weight excluding hydrogens is 388 g/mol. The van der Waals surface area contributed by atoms with Crippen LogP contribution in [0.1, 0.15) is 38.3 Å². The summed E-state index contributed by atoms with van der Waals surface area (Å²) in [7, 11) is 1.76. The molecule has 0 N–H and O–H groups in total. The molecular formula is C21H24N4O3S. The Balaban J connectivity index is 1.93. The van der Waals surface area contributed by atoms with Crippen molar-refractivity contribution >= 4 is 23.5 Å². The number of aryl methyl sites for hydroxylation is 1. The molecule has 7 nitrogen and oxygen atoms in total. The van der Waals surface area contributed by atoms with Gasteiger partial charge in [-0.1, -0.05) is 49.9 Å². The normalized spacial score (nSPS) is 17.8. The van der Waals surface area contributed by atoms with Gasteiger partial charge in [0.05, 0.1) is 23.6 Å². The minimum Gasteiger partial charge on any atom is -0.465 e. The molecule has 0 aliphatic heterocycles. The van der Waals surface area contributed by atoms with Gasteiger partial charge < -0.3 is 4.74 Å². The van der Waals surface area contributed by atoms with Gasteiger partial charge in [-0.15, -0.1) is 5.10 Å². The van der Waals surface area contributed by atoms with Crippen LogP contribution in [0.2, 0.25) is 0 Å². The fraction of sp³-hybridized carbons (Fsp3) is 0.429. The summed E-state index contributed by atoms with van der Waals surface area (Å²) in [6.07, 6.45) is 1.62. The molecule has 0 saturated carbocycles. The maximum absolute atomic E-state index is 13.7. The van der Waals surface area contributed by atoms with Gasteiger partial charge in [-0.2, -0.15) is 0 Å². The zero-order chi connectivity index (χ0) is 20.8. The lowest BCUT2D eigenvalue weighted by Gasteiger charge is -2.34. The summed E-state index contributed by atoms with van der Waals surface area (Å²) < 4.78 is 8.12. The van der Waals surface area contributed by atoms with Gasteiger partial charge in [0.2, 0.25) is 5.78 Å². The minimum atomic E-state index is -0.331. The number of nitrogens with zero attached hydrogens (tertiary/aromatic N) is 4. The zero-order valence-corrected chi connectivity index (χ0v) is 17.9. The lowest BCUT2D eigenvalue weighted by Crippen LogP contribution is -2.37. The van der Waals surface area contributed by atoms with E-state index < -0.39 is 0 Å². The number of benzene rings is 1. The predicted molar refractivity (Wildman–Crippen MR) is 112 cm³/mol. The first-order chi connectivity index (χ1) is 13.9. The lowest BCUT2D eigenvalue weighted by atomic mass is 9.69. The summed E-state index contributed by atoms with van der Waals surface area (Å²) in [6, 6.07) is 8.14. The molecule has 3 aromatic rings. The van der Waals surface area contributed by atoms with Crippen molar-refractivity contribution < 1.29 is 9.53 Å². The van der Waals surface area contributed by atoms with E-state index >= 15 is 0 Å². The Morgan fingerprint density at radius 3 is 2.79 bits per heavy atom. The third-order valence-corrected chi connectivity index (χ3v) is 6.55. The summed E-state index contributed by atoms with van der Waals surface area (Å²) in [4.78, 5) is 30.4. The first-order valence-electron chi connectivity index (χ1n) is 9.76. The Morgan fingerprint density at radius 2 is 2.07 bits per heavy atom. The Kier molecular flexibility index (Phi) is 4.98. The van der Waals surface area contributed by atoms with Gasteiger partial charge in [0, 0.05) is 18.0 Å². The van der Waals surface area contributed by atoms with Crippen LogP contribution < -0.4 is 5.56 Å². The maximum Gasteiger partial charge on any atom is 0.316 e. The monoisotopic (exact) mass is 412 g/mol. The second-order valence-corrected chi connectivity index (χ2v) is 8.47. The number of fused-ring (bicyclic) bond motifs is 4. The number of ether oxygens (including phenoxy) is 1. The first-order valence-corrected chi connectivity index (χ1v) is 10.7. The summed E-state index contributed by atoms with van der Waals surface area (Å²) in [5.74, 6) is 0.232. The molecule has 0 saturated heterocycles. The minimum absolute atomic E-state index is 0.0946. The van der Waals surface area contributed by atoms with E-state index in [2.05, 4.69) is 25.0 Å². The van der Waals surface area contributed by atoms with Gasteiger partial charge in [0.1, 0.15) is 0 Å². The highest BCUT2D eigenvalue weighted by molar-refractivity contribution is 7.99. The van der Waals surface area contributed by atoms with Crippen LogP contribution in [0.3, 0.4) is 0 Å². The van der Waals surface area contributed by atoms with Crippen LogP contribution in [-0.2, 0) is 28.4 Å². The molecule has 2 heterocycles. The van der Waals surface area contributed by atoms with E-state index in [-0.39, 0.29) is 22.7 Å². The van der Waals surface area contributed by atoms with Crippen molar-refractivity contribution in [2.75, 3.05) is 12.4 Å². The molecule has 0 spiro atoms. The summed E-state index contributed by atoms with van der Waals surface area (Å²) >= 11 is 1.19. The highest BCUT2D eigenvalue weighted by Gasteiger charge is 2.38. The van der Waals surface area contributed by atoms with E-state index in [1.807, 2.05) is 18.2 Å². The Bertz CT molecular complexity index is 1170. The molecule has 1 aromatic carbocycles. The van der Waals surface area contributed by atoms with Crippen LogP contribution in [0.4, 0.5) is 0 Å². The smallest absolute Gasteiger partial charge is 0.316 e. The molecule has 8 heteroatoms. The van der Waals surface area contributed by atoms with E-state index in [4.69, 9.17) is 9.72 Å². The average molecular weight is 413 g/mol. The second-order valence-electron chi connectivity index (χ2n) is 7.52. The molecule has 0 fully saturated rings. The van der Waals surface area contributed by atoms with Crippen LogP contribution in [-0.4, -0.2) is 37.5 Å². The summed E-state index contributed by atoms with van der Waals surface area (Å²) in [5.41, 5.74) is 3.26. The first kappa shape index (κ1) is 19.7. The quantitative estimate of drug-likeness (QED) is 0.474. The van der Waals surface area contributed by atoms with E-state index in [9.17, 15) is 9.59 Å². The third kappa shape index (κ3) is 3.15. The number of carbonyl (C=O) groups excluding carboxylic acids is 1. The van der Waals surface area contributed by atoms with Gasteiger partial charge in [0.15, 0.2) is 5.16 Å². The predicted octanol–water partition coefficient (Wildman–Crippen LogP) is 2.97. The third-order valence-electron chi connectivity index (χ3n) is 5.64. The molecule has 29 heavy (non-hydrogen) atoms. The summed E-state index contributed by atoms with van der Waals surface area (Å²) in [5, 5.41) is 4.91. The molecule has 2 aromatic heterocycles. The van der Waals surface area contributed by atoms with Crippen molar-refractivity contribution in [3.8, 4) is 11.3 Å². The number of hydrogen-bond acceptors (Lipinski definition) is 6. The van der Waals surface area contributed by atoms with Crippen LogP contribution in [0, 0.1) is 0 Å². The van der Waals surface area contributed by atoms with Crippen molar-refractivity contribution in [3.63, 3.8) is 0 Å². The number of esters is 1. The van der Waals surface area contributed by atoms with E-state index in [1.165, 1.54) is 21.7 Å². The highest BCUT2D eigenvalue weighted by Crippen LogP contribution is 2.42. The molecule has 4 rings (SSSR count). The standard InChI is InChI=1S/C21H24N4O3S/c1-5-21(3)11-13-9-7-8-10-14(13)17-16(21)18(27)25-19(22-17)24(4)23-20(25)29-12-15(26)28-6-2/h7-10H,5-6,11-12H2,1-4H3. The van der Waals surface area contributed by atoms with Crippen molar-refractivity contribution in [3.05, 3.63) is 45.7 Å². The average Bonchev–Trinajstić information content (AvgIpc) is 3.02. The zero-order valence-electron chi connectivity index (χ0n) is 17.1. The van der Waals surface area contributed by atoms with E-state index in [0.29, 0.717) is 17.5 Å². The van der Waals surface area contributed by atoms with Gasteiger partial charge >= 0.3 is 5.97 Å². The fourth-order valence-corrected chi connectivity index (χ4v) is 4.80. The Labute approximate surface area is 173 Å². The number of hydrogen-bond donors (Lipinski definition) is 0. The number of thioether (sulfide) groups is 1. The largest absolute Gasteiger partial charge is 0.465 e. The Hall–Kier alpha value is -2.61. The molecule has 1 unspecified atom stereocenters. The molecule has 1 aliphatic rings. The van der Waals surface area contributed by atoms with Crippen molar-refractivity contribution in [1.82, 2.24) is 19.2 Å². The molecule has 152 valence electrons. The topological polar surface area (TPSA) is 78.5 Å². The van der Waals surface area contributed by atoms with Crippen LogP contribution in [0.15, 0.2) is 34.2 Å². The molecule has 1 aliphatic carbocycles. The maximum atomic E-state index is 13.7. The molecule has 0 bridgehead atoms. The number of rotatable bonds is 5. The van der Waals surface area contributed by atoms with Gasteiger partial charge in [0.25, 0.3) is 5.56 Å². The molecule has 1 atom stereocenters. The van der Waals surface area contributed by atoms with E-state index in [1.54, 1.807) is 18.7 Å². The fourth-order valence-electron chi connectivity index (χ4n) is 3.99. The van der Waals surface area contributed by atoms with Gasteiger partial charge in [-0.3, -0.25) is 9.59 Å². The van der Waals surface area contributed by atoms with Crippen molar-refractivity contribution in [1.29, 1.82) is 0 Å².